The zero-order chi connectivity index (χ0) is 7.94. The van der Waals surface area contributed by atoms with Crippen molar-refractivity contribution in [1.82, 2.24) is 5.48 Å². The van der Waals surface area contributed by atoms with Crippen LogP contribution in [0.4, 0.5) is 0 Å². The van der Waals surface area contributed by atoms with Gasteiger partial charge in [0.05, 0.1) is 6.10 Å². The maximum absolute atomic E-state index is 9.90. The minimum Gasteiger partial charge on any atom is -0.277 e. The number of rotatable bonds is 3. The molecule has 1 rings (SSSR count). The molecule has 0 atom stereocenters. The van der Waals surface area contributed by atoms with E-state index in [0.29, 0.717) is 6.41 Å². The molecule has 1 amide bonds. The van der Waals surface area contributed by atoms with Gasteiger partial charge in [0.2, 0.25) is 6.41 Å². The second-order valence-corrected chi connectivity index (χ2v) is 2.97. The second-order valence-electron chi connectivity index (χ2n) is 2.97. The Bertz CT molecular complexity index is 109. The van der Waals surface area contributed by atoms with Crippen molar-refractivity contribution >= 4 is 6.41 Å². The molecule has 1 N–H and O–H groups in total. The summed E-state index contributed by atoms with van der Waals surface area (Å²) < 4.78 is 0. The van der Waals surface area contributed by atoms with Crippen LogP contribution in [-0.2, 0) is 9.63 Å². The lowest BCUT2D eigenvalue weighted by atomic mass is 10.2. The first-order chi connectivity index (χ1) is 5.43. The highest BCUT2D eigenvalue weighted by Crippen LogP contribution is 2.18. The molecule has 0 heterocycles. The van der Waals surface area contributed by atoms with E-state index in [0.717, 1.165) is 12.8 Å². The molecule has 11 heavy (non-hydrogen) atoms. The molecule has 0 aliphatic heterocycles. The molecule has 1 aliphatic rings. The quantitative estimate of drug-likeness (QED) is 0.382. The van der Waals surface area contributed by atoms with Gasteiger partial charge >= 0.3 is 0 Å². The van der Waals surface area contributed by atoms with Gasteiger partial charge in [0.1, 0.15) is 0 Å². The highest BCUT2D eigenvalue weighted by atomic mass is 16.7. The SMILES string of the molecule is O=CNOC1CCCCCC1. The van der Waals surface area contributed by atoms with Crippen molar-refractivity contribution in [2.24, 2.45) is 0 Å². The normalized spacial score (nSPS) is 20.7. The van der Waals surface area contributed by atoms with Crippen LogP contribution in [-0.4, -0.2) is 12.5 Å². The van der Waals surface area contributed by atoms with Crippen molar-refractivity contribution in [3.63, 3.8) is 0 Å². The average molecular weight is 157 g/mol. The summed E-state index contributed by atoms with van der Waals surface area (Å²) >= 11 is 0. The first-order valence-electron chi connectivity index (χ1n) is 4.28. The number of hydrogen-bond donors (Lipinski definition) is 1. The first kappa shape index (κ1) is 8.53. The van der Waals surface area contributed by atoms with Gasteiger partial charge < -0.3 is 0 Å². The molecule has 0 unspecified atom stereocenters. The monoisotopic (exact) mass is 157 g/mol. The first-order valence-corrected chi connectivity index (χ1v) is 4.28. The van der Waals surface area contributed by atoms with Crippen LogP contribution in [0, 0.1) is 0 Å². The molecule has 0 bridgehead atoms. The number of carbonyl (C=O) groups is 1. The van der Waals surface area contributed by atoms with E-state index in [2.05, 4.69) is 5.48 Å². The van der Waals surface area contributed by atoms with Gasteiger partial charge in [-0.2, -0.15) is 0 Å². The number of amides is 1. The molecule has 0 aromatic heterocycles. The fourth-order valence-electron chi connectivity index (χ4n) is 1.48. The van der Waals surface area contributed by atoms with Crippen molar-refractivity contribution in [2.75, 3.05) is 0 Å². The summed E-state index contributed by atoms with van der Waals surface area (Å²) in [6, 6.07) is 0. The van der Waals surface area contributed by atoms with Gasteiger partial charge in [0, 0.05) is 0 Å². The van der Waals surface area contributed by atoms with Crippen LogP contribution in [0.3, 0.4) is 0 Å². The van der Waals surface area contributed by atoms with Gasteiger partial charge in [0.15, 0.2) is 0 Å². The number of carbonyl (C=O) groups excluding carboxylic acids is 1. The maximum atomic E-state index is 9.90. The molecule has 1 fully saturated rings. The molecule has 1 saturated carbocycles. The van der Waals surface area contributed by atoms with Crippen molar-refractivity contribution < 1.29 is 9.63 Å². The Morgan fingerprint density at radius 3 is 2.36 bits per heavy atom. The Kier molecular flexibility index (Phi) is 3.98. The molecule has 3 heteroatoms. The average Bonchev–Trinajstić information content (AvgIpc) is 2.28. The zero-order valence-corrected chi connectivity index (χ0v) is 6.71. The van der Waals surface area contributed by atoms with Crippen LogP contribution >= 0.6 is 0 Å². The summed E-state index contributed by atoms with van der Waals surface area (Å²) in [5, 5.41) is 0. The molecular weight excluding hydrogens is 142 g/mol. The van der Waals surface area contributed by atoms with E-state index in [1.165, 1.54) is 25.7 Å². The molecule has 0 aromatic rings. The van der Waals surface area contributed by atoms with Crippen LogP contribution in [0.2, 0.25) is 0 Å². The lowest BCUT2D eigenvalue weighted by molar-refractivity contribution is -0.126. The van der Waals surface area contributed by atoms with E-state index in [1.54, 1.807) is 0 Å². The van der Waals surface area contributed by atoms with Crippen LogP contribution in [0.15, 0.2) is 0 Å². The summed E-state index contributed by atoms with van der Waals surface area (Å²) in [5.41, 5.74) is 2.27. The van der Waals surface area contributed by atoms with Gasteiger partial charge in [-0.3, -0.25) is 9.63 Å². The predicted octanol–water partition coefficient (Wildman–Crippen LogP) is 1.39. The van der Waals surface area contributed by atoms with Gasteiger partial charge in [-0.15, -0.1) is 0 Å². The Morgan fingerprint density at radius 1 is 1.18 bits per heavy atom. The Hall–Kier alpha value is -0.570. The summed E-state index contributed by atoms with van der Waals surface area (Å²) in [5.74, 6) is 0. The second kappa shape index (κ2) is 5.13. The summed E-state index contributed by atoms with van der Waals surface area (Å²) in [4.78, 5) is 15.0. The van der Waals surface area contributed by atoms with E-state index in [4.69, 9.17) is 4.84 Å². The largest absolute Gasteiger partial charge is 0.277 e. The Balaban J connectivity index is 2.14. The van der Waals surface area contributed by atoms with Gasteiger partial charge in [-0.25, -0.2) is 5.48 Å². The molecular formula is C8H15NO2. The van der Waals surface area contributed by atoms with E-state index < -0.39 is 0 Å². The molecule has 3 nitrogen and oxygen atoms in total. The molecule has 0 saturated heterocycles. The van der Waals surface area contributed by atoms with E-state index in [-0.39, 0.29) is 6.10 Å². The molecule has 0 aromatic carbocycles. The topological polar surface area (TPSA) is 38.3 Å². The minimum absolute atomic E-state index is 0.252. The van der Waals surface area contributed by atoms with Gasteiger partial charge in [-0.1, -0.05) is 25.7 Å². The third-order valence-electron chi connectivity index (χ3n) is 2.09. The van der Waals surface area contributed by atoms with Crippen LogP contribution in [0.5, 0.6) is 0 Å². The Morgan fingerprint density at radius 2 is 1.82 bits per heavy atom. The molecule has 0 spiro atoms. The smallest absolute Gasteiger partial charge is 0.230 e. The molecule has 64 valence electrons. The van der Waals surface area contributed by atoms with Crippen LogP contribution in [0.1, 0.15) is 38.5 Å². The predicted molar refractivity (Wildman–Crippen MR) is 41.8 cm³/mol. The van der Waals surface area contributed by atoms with E-state index in [9.17, 15) is 4.79 Å². The van der Waals surface area contributed by atoms with E-state index in [1.807, 2.05) is 0 Å². The third kappa shape index (κ3) is 3.37. The highest BCUT2D eigenvalue weighted by Gasteiger charge is 2.11. The number of nitrogens with one attached hydrogen (secondary N) is 1. The van der Waals surface area contributed by atoms with Crippen molar-refractivity contribution in [1.29, 1.82) is 0 Å². The lowest BCUT2D eigenvalue weighted by Crippen LogP contribution is -2.22. The van der Waals surface area contributed by atoms with Gasteiger partial charge in [-0.05, 0) is 12.8 Å². The van der Waals surface area contributed by atoms with Crippen LogP contribution in [0.25, 0.3) is 0 Å². The van der Waals surface area contributed by atoms with Gasteiger partial charge in [0.25, 0.3) is 0 Å². The van der Waals surface area contributed by atoms with Crippen molar-refractivity contribution in [3.8, 4) is 0 Å². The summed E-state index contributed by atoms with van der Waals surface area (Å²) in [6.45, 7) is 0. The van der Waals surface area contributed by atoms with Crippen molar-refractivity contribution in [2.45, 2.75) is 44.6 Å². The lowest BCUT2D eigenvalue weighted by Gasteiger charge is -2.12. The van der Waals surface area contributed by atoms with Crippen molar-refractivity contribution in [3.05, 3.63) is 0 Å². The minimum atomic E-state index is 0.252. The fourth-order valence-corrected chi connectivity index (χ4v) is 1.48. The standard InChI is InChI=1S/C8H15NO2/c10-7-9-11-8-5-3-1-2-4-6-8/h7-8H,1-6H2,(H,9,10). The summed E-state index contributed by atoms with van der Waals surface area (Å²) in [7, 11) is 0. The fraction of sp³-hybridized carbons (Fsp3) is 0.875. The number of hydrogen-bond acceptors (Lipinski definition) is 2. The molecule has 1 aliphatic carbocycles. The highest BCUT2D eigenvalue weighted by molar-refractivity contribution is 5.43. The third-order valence-corrected chi connectivity index (χ3v) is 2.09. The maximum Gasteiger partial charge on any atom is 0.230 e. The number of hydroxylamine groups is 1. The molecule has 0 radical (unpaired) electrons. The Labute approximate surface area is 67.1 Å². The zero-order valence-electron chi connectivity index (χ0n) is 6.71. The van der Waals surface area contributed by atoms with E-state index >= 15 is 0 Å². The van der Waals surface area contributed by atoms with Crippen LogP contribution < -0.4 is 5.48 Å². The summed E-state index contributed by atoms with van der Waals surface area (Å²) in [6.07, 6.45) is 8.08.